The molecule has 0 radical (unpaired) electrons. The van der Waals surface area contributed by atoms with E-state index in [0.717, 1.165) is 33.9 Å². The minimum atomic E-state index is 0.471. The quantitative estimate of drug-likeness (QED) is 0.445. The first-order valence-corrected chi connectivity index (χ1v) is 10.0. The van der Waals surface area contributed by atoms with Crippen LogP contribution in [0.1, 0.15) is 13.8 Å². The molecule has 1 aromatic carbocycles. The highest BCUT2D eigenvalue weighted by Crippen LogP contribution is 2.33. The highest BCUT2D eigenvalue weighted by atomic mass is 32.2. The number of hydrogen-bond acceptors (Lipinski definition) is 8. The second-order valence-electron chi connectivity index (χ2n) is 5.51. The van der Waals surface area contributed by atoms with E-state index in [4.69, 9.17) is 4.42 Å². The van der Waals surface area contributed by atoms with Crippen molar-refractivity contribution in [2.75, 3.05) is 18.0 Å². The van der Waals surface area contributed by atoms with Crippen molar-refractivity contribution in [3.63, 3.8) is 0 Å². The summed E-state index contributed by atoms with van der Waals surface area (Å²) in [6.07, 6.45) is 1.56. The van der Waals surface area contributed by atoms with Crippen molar-refractivity contribution in [1.82, 2.24) is 20.2 Å². The fourth-order valence-electron chi connectivity index (χ4n) is 2.70. The van der Waals surface area contributed by atoms with Crippen molar-refractivity contribution in [1.29, 1.82) is 0 Å². The summed E-state index contributed by atoms with van der Waals surface area (Å²) >= 11 is 2.95. The molecule has 0 bridgehead atoms. The number of fused-ring (bicyclic) bond motifs is 1. The lowest BCUT2D eigenvalue weighted by atomic mass is 10.2. The number of thiophene rings is 1. The van der Waals surface area contributed by atoms with Crippen LogP contribution in [0.5, 0.6) is 0 Å². The van der Waals surface area contributed by atoms with Crippen LogP contribution in [0.4, 0.5) is 5.69 Å². The molecule has 4 aromatic rings. The average Bonchev–Trinajstić information content (AvgIpc) is 3.33. The third-order valence-corrected chi connectivity index (χ3v) is 5.74. The smallest absolute Gasteiger partial charge is 0.283 e. The Morgan fingerprint density at radius 1 is 1.04 bits per heavy atom. The summed E-state index contributed by atoms with van der Waals surface area (Å²) in [5.41, 5.74) is 2.09. The van der Waals surface area contributed by atoms with E-state index in [-0.39, 0.29) is 0 Å². The Morgan fingerprint density at radius 2 is 1.85 bits per heavy atom. The highest BCUT2D eigenvalue weighted by molar-refractivity contribution is 7.99. The Bertz CT molecular complexity index is 1010. The molecule has 0 aliphatic rings. The molecule has 8 heteroatoms. The maximum atomic E-state index is 5.82. The van der Waals surface area contributed by atoms with Gasteiger partial charge in [0.15, 0.2) is 0 Å². The topological polar surface area (TPSA) is 67.9 Å². The Hall–Kier alpha value is -2.45. The zero-order valence-electron chi connectivity index (χ0n) is 14.4. The highest BCUT2D eigenvalue weighted by Gasteiger charge is 2.14. The van der Waals surface area contributed by atoms with E-state index < -0.39 is 0 Å². The molecule has 132 valence electrons. The Labute approximate surface area is 159 Å². The molecule has 6 nitrogen and oxygen atoms in total. The third kappa shape index (κ3) is 3.30. The van der Waals surface area contributed by atoms with Crippen LogP contribution in [-0.4, -0.2) is 33.3 Å². The molecule has 0 atom stereocenters. The van der Waals surface area contributed by atoms with E-state index in [1.165, 1.54) is 17.4 Å². The van der Waals surface area contributed by atoms with Crippen LogP contribution < -0.4 is 4.90 Å². The molecule has 0 unspecified atom stereocenters. The molecule has 3 heterocycles. The van der Waals surface area contributed by atoms with E-state index in [0.29, 0.717) is 11.1 Å². The van der Waals surface area contributed by atoms with E-state index in [1.807, 2.05) is 23.6 Å². The molecule has 0 saturated carbocycles. The van der Waals surface area contributed by atoms with Gasteiger partial charge in [0, 0.05) is 29.7 Å². The van der Waals surface area contributed by atoms with Gasteiger partial charge in [0.25, 0.3) is 5.22 Å². The first kappa shape index (κ1) is 17.0. The van der Waals surface area contributed by atoms with Gasteiger partial charge in [-0.25, -0.2) is 9.97 Å². The standard InChI is InChI=1S/C18H17N5OS2/c1-3-23(4-2)13-7-5-12(6-8-13)15-21-22-18(24-15)26-17-14-9-10-25-16(14)19-11-20-17/h5-11H,3-4H2,1-2H3. The van der Waals surface area contributed by atoms with Gasteiger partial charge in [0.1, 0.15) is 16.2 Å². The van der Waals surface area contributed by atoms with Gasteiger partial charge in [-0.1, -0.05) is 0 Å². The zero-order chi connectivity index (χ0) is 17.9. The Balaban J connectivity index is 1.55. The van der Waals surface area contributed by atoms with Crippen LogP contribution in [0, 0.1) is 0 Å². The number of nitrogens with zero attached hydrogens (tertiary/aromatic N) is 5. The van der Waals surface area contributed by atoms with E-state index in [2.05, 4.69) is 51.0 Å². The van der Waals surface area contributed by atoms with Crippen molar-refractivity contribution >= 4 is 39.0 Å². The summed E-state index contributed by atoms with van der Waals surface area (Å²) in [4.78, 5) is 11.8. The summed E-state index contributed by atoms with van der Waals surface area (Å²) in [5, 5.41) is 12.6. The molecule has 26 heavy (non-hydrogen) atoms. The van der Waals surface area contributed by atoms with Gasteiger partial charge in [0.2, 0.25) is 5.89 Å². The van der Waals surface area contributed by atoms with E-state index in [9.17, 15) is 0 Å². The summed E-state index contributed by atoms with van der Waals surface area (Å²) < 4.78 is 5.82. The number of hydrogen-bond donors (Lipinski definition) is 0. The molecule has 3 aromatic heterocycles. The average molecular weight is 384 g/mol. The van der Waals surface area contributed by atoms with Crippen molar-refractivity contribution in [2.45, 2.75) is 24.1 Å². The number of anilines is 1. The van der Waals surface area contributed by atoms with Crippen molar-refractivity contribution in [3.05, 3.63) is 42.0 Å². The van der Waals surface area contributed by atoms with Gasteiger partial charge >= 0.3 is 0 Å². The second-order valence-corrected chi connectivity index (χ2v) is 7.35. The van der Waals surface area contributed by atoms with Gasteiger partial charge in [-0.15, -0.1) is 21.5 Å². The van der Waals surface area contributed by atoms with Gasteiger partial charge in [-0.3, -0.25) is 0 Å². The molecule has 0 aliphatic carbocycles. The van der Waals surface area contributed by atoms with Crippen LogP contribution in [0.15, 0.2) is 56.7 Å². The predicted octanol–water partition coefficient (Wildman–Crippen LogP) is 4.74. The maximum absolute atomic E-state index is 5.82. The van der Waals surface area contributed by atoms with E-state index >= 15 is 0 Å². The monoisotopic (exact) mass is 383 g/mol. The number of rotatable bonds is 6. The minimum absolute atomic E-state index is 0.471. The molecular formula is C18H17N5OS2. The SMILES string of the molecule is CCN(CC)c1ccc(-c2nnc(Sc3ncnc4sccc34)o2)cc1. The molecule has 0 fully saturated rings. The molecule has 0 saturated heterocycles. The molecule has 0 amide bonds. The number of aromatic nitrogens is 4. The van der Waals surface area contributed by atoms with Crippen LogP contribution in [0.2, 0.25) is 0 Å². The lowest BCUT2D eigenvalue weighted by Gasteiger charge is -2.20. The lowest BCUT2D eigenvalue weighted by Crippen LogP contribution is -2.21. The van der Waals surface area contributed by atoms with E-state index in [1.54, 1.807) is 17.7 Å². The maximum Gasteiger partial charge on any atom is 0.283 e. The first-order valence-electron chi connectivity index (χ1n) is 8.33. The van der Waals surface area contributed by atoms with Crippen molar-refractivity contribution < 1.29 is 4.42 Å². The van der Waals surface area contributed by atoms with Crippen LogP contribution in [-0.2, 0) is 0 Å². The molecule has 0 aliphatic heterocycles. The molecule has 0 N–H and O–H groups in total. The molecule has 0 spiro atoms. The largest absolute Gasteiger partial charge is 0.411 e. The Kier molecular flexibility index (Phi) is 4.85. The fourth-order valence-corrected chi connectivity index (χ4v) is 4.24. The minimum Gasteiger partial charge on any atom is -0.411 e. The third-order valence-electron chi connectivity index (χ3n) is 4.06. The first-order chi connectivity index (χ1) is 12.8. The molecule has 4 rings (SSSR count). The number of benzene rings is 1. The Morgan fingerprint density at radius 3 is 2.62 bits per heavy atom. The summed E-state index contributed by atoms with van der Waals surface area (Å²) in [6, 6.07) is 10.2. The van der Waals surface area contributed by atoms with Gasteiger partial charge in [-0.05, 0) is 61.3 Å². The predicted molar refractivity (Wildman–Crippen MR) is 105 cm³/mol. The van der Waals surface area contributed by atoms with Crippen LogP contribution >= 0.6 is 23.1 Å². The van der Waals surface area contributed by atoms with Crippen molar-refractivity contribution in [3.8, 4) is 11.5 Å². The zero-order valence-corrected chi connectivity index (χ0v) is 16.0. The molecular weight excluding hydrogens is 366 g/mol. The fraction of sp³-hybridized carbons (Fsp3) is 0.222. The van der Waals surface area contributed by atoms with Gasteiger partial charge in [-0.2, -0.15) is 0 Å². The van der Waals surface area contributed by atoms with Crippen LogP contribution in [0.25, 0.3) is 21.7 Å². The van der Waals surface area contributed by atoms with Crippen LogP contribution in [0.3, 0.4) is 0 Å². The normalized spacial score (nSPS) is 11.2. The summed E-state index contributed by atoms with van der Waals surface area (Å²) in [7, 11) is 0. The van der Waals surface area contributed by atoms with Gasteiger partial charge < -0.3 is 9.32 Å². The van der Waals surface area contributed by atoms with Gasteiger partial charge in [0.05, 0.1) is 0 Å². The van der Waals surface area contributed by atoms with Crippen molar-refractivity contribution in [2.24, 2.45) is 0 Å². The second kappa shape index (κ2) is 7.43. The lowest BCUT2D eigenvalue weighted by molar-refractivity contribution is 0.465. The summed E-state index contributed by atoms with van der Waals surface area (Å²) in [5.74, 6) is 0.509. The summed E-state index contributed by atoms with van der Waals surface area (Å²) in [6.45, 7) is 6.26.